The predicted molar refractivity (Wildman–Crippen MR) is 73.1 cm³/mol. The summed E-state index contributed by atoms with van der Waals surface area (Å²) in [5, 5.41) is 11.2. The Labute approximate surface area is 116 Å². The SMILES string of the molecule is O=C(O)C=Cc1cccc(NC(=O)CC2CCCO2)n1. The van der Waals surface area contributed by atoms with Gasteiger partial charge in [-0.3, -0.25) is 4.79 Å². The van der Waals surface area contributed by atoms with Crippen molar-refractivity contribution < 1.29 is 19.4 Å². The molecule has 1 aliphatic rings. The first-order valence-corrected chi connectivity index (χ1v) is 6.43. The van der Waals surface area contributed by atoms with Crippen LogP contribution in [-0.2, 0) is 14.3 Å². The van der Waals surface area contributed by atoms with Crippen molar-refractivity contribution in [2.45, 2.75) is 25.4 Å². The van der Waals surface area contributed by atoms with Crippen molar-refractivity contribution in [3.05, 3.63) is 30.0 Å². The maximum atomic E-state index is 11.8. The van der Waals surface area contributed by atoms with Crippen LogP contribution in [0.5, 0.6) is 0 Å². The highest BCUT2D eigenvalue weighted by Crippen LogP contribution is 2.16. The first kappa shape index (κ1) is 14.2. The van der Waals surface area contributed by atoms with Crippen LogP contribution in [0.25, 0.3) is 6.08 Å². The van der Waals surface area contributed by atoms with Crippen molar-refractivity contribution in [1.82, 2.24) is 4.98 Å². The molecule has 0 aliphatic carbocycles. The summed E-state index contributed by atoms with van der Waals surface area (Å²) in [6.45, 7) is 0.714. The molecule has 1 aromatic rings. The standard InChI is InChI=1S/C14H16N2O4/c17-13(9-11-4-2-8-20-11)16-12-5-1-3-10(15-12)6-7-14(18)19/h1,3,5-7,11H,2,4,8-9H2,(H,18,19)(H,15,16,17). The number of ether oxygens (including phenoxy) is 1. The second-order valence-corrected chi connectivity index (χ2v) is 4.51. The molecular weight excluding hydrogens is 260 g/mol. The number of anilines is 1. The largest absolute Gasteiger partial charge is 0.478 e. The zero-order valence-electron chi connectivity index (χ0n) is 10.9. The highest BCUT2D eigenvalue weighted by atomic mass is 16.5. The Bertz CT molecular complexity index is 522. The number of aromatic nitrogens is 1. The Morgan fingerprint density at radius 1 is 1.50 bits per heavy atom. The Kier molecular flexibility index (Phi) is 4.84. The number of carbonyl (C=O) groups is 2. The van der Waals surface area contributed by atoms with Crippen LogP contribution >= 0.6 is 0 Å². The van der Waals surface area contributed by atoms with Crippen LogP contribution in [0.3, 0.4) is 0 Å². The molecule has 1 unspecified atom stereocenters. The maximum absolute atomic E-state index is 11.8. The van der Waals surface area contributed by atoms with Gasteiger partial charge in [0.05, 0.1) is 18.2 Å². The summed E-state index contributed by atoms with van der Waals surface area (Å²) in [6, 6.07) is 5.02. The van der Waals surface area contributed by atoms with Crippen molar-refractivity contribution in [2.24, 2.45) is 0 Å². The van der Waals surface area contributed by atoms with Crippen molar-refractivity contribution in [3.63, 3.8) is 0 Å². The van der Waals surface area contributed by atoms with E-state index < -0.39 is 5.97 Å². The average molecular weight is 276 g/mol. The highest BCUT2D eigenvalue weighted by Gasteiger charge is 2.19. The summed E-state index contributed by atoms with van der Waals surface area (Å²) >= 11 is 0. The van der Waals surface area contributed by atoms with Gasteiger partial charge in [-0.2, -0.15) is 0 Å². The Hall–Kier alpha value is -2.21. The second-order valence-electron chi connectivity index (χ2n) is 4.51. The van der Waals surface area contributed by atoms with Gasteiger partial charge in [-0.15, -0.1) is 0 Å². The van der Waals surface area contributed by atoms with Crippen molar-refractivity contribution >= 4 is 23.8 Å². The quantitative estimate of drug-likeness (QED) is 0.799. The lowest BCUT2D eigenvalue weighted by Crippen LogP contribution is -2.19. The summed E-state index contributed by atoms with van der Waals surface area (Å²) in [6.07, 6.45) is 4.58. The van der Waals surface area contributed by atoms with Gasteiger partial charge in [-0.25, -0.2) is 9.78 Å². The lowest BCUT2D eigenvalue weighted by atomic mass is 10.2. The van der Waals surface area contributed by atoms with E-state index in [0.717, 1.165) is 18.9 Å². The van der Waals surface area contributed by atoms with Gasteiger partial charge in [0.25, 0.3) is 0 Å². The molecule has 6 heteroatoms. The molecule has 0 bridgehead atoms. The number of carboxylic acid groups (broad SMARTS) is 1. The molecule has 0 saturated carbocycles. The van der Waals surface area contributed by atoms with E-state index in [9.17, 15) is 9.59 Å². The van der Waals surface area contributed by atoms with E-state index in [2.05, 4.69) is 10.3 Å². The molecule has 2 N–H and O–H groups in total. The van der Waals surface area contributed by atoms with Crippen LogP contribution in [0.2, 0.25) is 0 Å². The molecule has 20 heavy (non-hydrogen) atoms. The zero-order valence-corrected chi connectivity index (χ0v) is 10.9. The van der Waals surface area contributed by atoms with Crippen molar-refractivity contribution in [1.29, 1.82) is 0 Å². The molecule has 2 heterocycles. The van der Waals surface area contributed by atoms with Crippen LogP contribution in [-0.4, -0.2) is 34.7 Å². The van der Waals surface area contributed by atoms with Gasteiger partial charge in [-0.1, -0.05) is 6.07 Å². The fourth-order valence-corrected chi connectivity index (χ4v) is 1.98. The Balaban J connectivity index is 1.93. The van der Waals surface area contributed by atoms with Gasteiger partial charge in [0.15, 0.2) is 0 Å². The number of hydrogen-bond acceptors (Lipinski definition) is 4. The van der Waals surface area contributed by atoms with Crippen molar-refractivity contribution in [2.75, 3.05) is 11.9 Å². The lowest BCUT2D eigenvalue weighted by Gasteiger charge is -2.09. The first-order chi connectivity index (χ1) is 9.63. The molecule has 106 valence electrons. The minimum atomic E-state index is -1.04. The van der Waals surface area contributed by atoms with Gasteiger partial charge in [0.2, 0.25) is 5.91 Å². The molecule has 6 nitrogen and oxygen atoms in total. The minimum Gasteiger partial charge on any atom is -0.478 e. The van der Waals surface area contributed by atoms with Crippen LogP contribution in [0.1, 0.15) is 25.0 Å². The van der Waals surface area contributed by atoms with Gasteiger partial charge in [0, 0.05) is 12.7 Å². The molecule has 2 rings (SSSR count). The number of carboxylic acids is 1. The first-order valence-electron chi connectivity index (χ1n) is 6.43. The average Bonchev–Trinajstić information content (AvgIpc) is 2.89. The molecular formula is C14H16N2O4. The molecule has 1 aromatic heterocycles. The van der Waals surface area contributed by atoms with E-state index in [1.54, 1.807) is 18.2 Å². The Morgan fingerprint density at radius 2 is 2.35 bits per heavy atom. The molecule has 0 spiro atoms. The lowest BCUT2D eigenvalue weighted by molar-refractivity contribution is -0.131. The molecule has 1 aliphatic heterocycles. The third-order valence-electron chi connectivity index (χ3n) is 2.87. The van der Waals surface area contributed by atoms with E-state index in [-0.39, 0.29) is 12.0 Å². The molecule has 1 saturated heterocycles. The third kappa shape index (κ3) is 4.47. The molecule has 1 amide bonds. The van der Waals surface area contributed by atoms with E-state index in [1.165, 1.54) is 6.08 Å². The number of pyridine rings is 1. The summed E-state index contributed by atoms with van der Waals surface area (Å²) in [5.74, 6) is -0.788. The molecule has 0 aromatic carbocycles. The third-order valence-corrected chi connectivity index (χ3v) is 2.87. The van der Waals surface area contributed by atoms with Gasteiger partial charge in [-0.05, 0) is 31.1 Å². The Morgan fingerprint density at radius 3 is 3.05 bits per heavy atom. The van der Waals surface area contributed by atoms with Gasteiger partial charge in [0.1, 0.15) is 5.82 Å². The van der Waals surface area contributed by atoms with Crippen LogP contribution in [0, 0.1) is 0 Å². The summed E-state index contributed by atoms with van der Waals surface area (Å²) in [7, 11) is 0. The monoisotopic (exact) mass is 276 g/mol. The number of rotatable bonds is 5. The summed E-state index contributed by atoms with van der Waals surface area (Å²) in [5.41, 5.74) is 0.474. The number of carbonyl (C=O) groups excluding carboxylic acids is 1. The predicted octanol–water partition coefficient (Wildman–Crippen LogP) is 1.69. The fourth-order valence-electron chi connectivity index (χ4n) is 1.98. The number of aliphatic carboxylic acids is 1. The molecule has 1 fully saturated rings. The number of hydrogen-bond donors (Lipinski definition) is 2. The highest BCUT2D eigenvalue weighted by molar-refractivity contribution is 5.90. The summed E-state index contributed by atoms with van der Waals surface area (Å²) < 4.78 is 5.39. The van der Waals surface area contributed by atoms with E-state index >= 15 is 0 Å². The van der Waals surface area contributed by atoms with Crippen LogP contribution in [0.4, 0.5) is 5.82 Å². The van der Waals surface area contributed by atoms with Crippen LogP contribution in [0.15, 0.2) is 24.3 Å². The van der Waals surface area contributed by atoms with Gasteiger partial charge >= 0.3 is 5.97 Å². The topological polar surface area (TPSA) is 88.5 Å². The number of nitrogens with one attached hydrogen (secondary N) is 1. The number of amides is 1. The van der Waals surface area contributed by atoms with E-state index in [4.69, 9.17) is 9.84 Å². The van der Waals surface area contributed by atoms with Crippen LogP contribution < -0.4 is 5.32 Å². The summed E-state index contributed by atoms with van der Waals surface area (Å²) in [4.78, 5) is 26.4. The fraction of sp³-hybridized carbons (Fsp3) is 0.357. The second kappa shape index (κ2) is 6.81. The van der Waals surface area contributed by atoms with Crippen molar-refractivity contribution in [3.8, 4) is 0 Å². The van der Waals surface area contributed by atoms with E-state index in [0.29, 0.717) is 24.5 Å². The zero-order chi connectivity index (χ0) is 14.4. The normalized spacial score (nSPS) is 18.3. The van der Waals surface area contributed by atoms with E-state index in [1.807, 2.05) is 0 Å². The minimum absolute atomic E-state index is 0.00918. The smallest absolute Gasteiger partial charge is 0.328 e. The number of nitrogens with zero attached hydrogens (tertiary/aromatic N) is 1. The molecule has 0 radical (unpaired) electrons. The maximum Gasteiger partial charge on any atom is 0.328 e. The van der Waals surface area contributed by atoms with Gasteiger partial charge < -0.3 is 15.2 Å². The molecule has 1 atom stereocenters.